The van der Waals surface area contributed by atoms with Crippen LogP contribution in [0.2, 0.25) is 0 Å². The molecule has 0 bridgehead atoms. The predicted octanol–water partition coefficient (Wildman–Crippen LogP) is 3.15. The van der Waals surface area contributed by atoms with Gasteiger partial charge in [0.05, 0.1) is 23.8 Å². The fourth-order valence-corrected chi connectivity index (χ4v) is 2.48. The molecular weight excluding hydrogens is 302 g/mol. The van der Waals surface area contributed by atoms with Crippen molar-refractivity contribution in [2.75, 3.05) is 5.32 Å². The number of carbonyl (C=O) groups excluding carboxylic acids is 1. The summed E-state index contributed by atoms with van der Waals surface area (Å²) in [6.45, 7) is 7.82. The molecule has 3 aromatic rings. The lowest BCUT2D eigenvalue weighted by Gasteiger charge is -2.09. The highest BCUT2D eigenvalue weighted by atomic mass is 16.1. The number of amides is 1. The molecule has 0 spiro atoms. The van der Waals surface area contributed by atoms with Crippen LogP contribution in [0, 0.1) is 27.7 Å². The van der Waals surface area contributed by atoms with E-state index in [4.69, 9.17) is 0 Å². The maximum Gasteiger partial charge on any atom is 0.256 e. The summed E-state index contributed by atoms with van der Waals surface area (Å²) in [7, 11) is 0. The van der Waals surface area contributed by atoms with Crippen molar-refractivity contribution < 1.29 is 4.79 Å². The molecule has 0 fully saturated rings. The molecule has 0 radical (unpaired) electrons. The van der Waals surface area contributed by atoms with Crippen molar-refractivity contribution in [3.63, 3.8) is 0 Å². The topological polar surface area (TPSA) is 72.7 Å². The van der Waals surface area contributed by atoms with E-state index in [2.05, 4.69) is 20.3 Å². The Kier molecular flexibility index (Phi) is 4.12. The van der Waals surface area contributed by atoms with E-state index < -0.39 is 0 Å². The van der Waals surface area contributed by atoms with Gasteiger partial charge >= 0.3 is 0 Å². The third-order valence-electron chi connectivity index (χ3n) is 3.99. The van der Waals surface area contributed by atoms with Crippen molar-refractivity contribution in [3.8, 4) is 5.95 Å². The summed E-state index contributed by atoms with van der Waals surface area (Å²) >= 11 is 0. The minimum absolute atomic E-state index is 0.168. The minimum atomic E-state index is -0.168. The second-order valence-corrected chi connectivity index (χ2v) is 5.83. The Morgan fingerprint density at radius 3 is 2.33 bits per heavy atom. The Morgan fingerprint density at radius 1 is 1.04 bits per heavy atom. The van der Waals surface area contributed by atoms with Crippen molar-refractivity contribution in [2.24, 2.45) is 0 Å². The molecule has 0 aliphatic carbocycles. The Morgan fingerprint density at radius 2 is 1.75 bits per heavy atom. The molecule has 1 N–H and O–H groups in total. The molecule has 0 unspecified atom stereocenters. The third-order valence-corrected chi connectivity index (χ3v) is 3.99. The van der Waals surface area contributed by atoms with E-state index in [0.29, 0.717) is 17.2 Å². The number of carbonyl (C=O) groups is 1. The maximum atomic E-state index is 12.4. The number of hydrogen-bond donors (Lipinski definition) is 1. The molecule has 0 aliphatic rings. The Balaban J connectivity index is 1.79. The summed E-state index contributed by atoms with van der Waals surface area (Å²) in [6, 6.07) is 5.73. The molecule has 0 saturated carbocycles. The predicted molar refractivity (Wildman–Crippen MR) is 92.5 cm³/mol. The van der Waals surface area contributed by atoms with Gasteiger partial charge in [-0.05, 0) is 39.3 Å². The zero-order chi connectivity index (χ0) is 17.3. The zero-order valence-corrected chi connectivity index (χ0v) is 14.2. The van der Waals surface area contributed by atoms with Gasteiger partial charge < -0.3 is 5.32 Å². The summed E-state index contributed by atoms with van der Waals surface area (Å²) in [5.41, 5.74) is 5.19. The molecular formula is C18H19N5O. The van der Waals surface area contributed by atoms with E-state index in [1.165, 1.54) is 0 Å². The SMILES string of the molecule is Cc1ccc(C(=O)Nc2cnc(-n3cnc(C)c3C)nc2)c(C)c1. The molecule has 2 heterocycles. The van der Waals surface area contributed by atoms with Crippen LogP contribution in [0.5, 0.6) is 0 Å². The monoisotopic (exact) mass is 321 g/mol. The summed E-state index contributed by atoms with van der Waals surface area (Å²) < 4.78 is 1.81. The van der Waals surface area contributed by atoms with Crippen LogP contribution in [0.4, 0.5) is 5.69 Å². The lowest BCUT2D eigenvalue weighted by molar-refractivity contribution is 0.102. The van der Waals surface area contributed by atoms with Gasteiger partial charge in [0.1, 0.15) is 6.33 Å². The first kappa shape index (κ1) is 15.9. The smallest absolute Gasteiger partial charge is 0.256 e. The van der Waals surface area contributed by atoms with Gasteiger partial charge in [0.2, 0.25) is 5.95 Å². The van der Waals surface area contributed by atoms with Crippen molar-refractivity contribution in [3.05, 3.63) is 65.0 Å². The maximum absolute atomic E-state index is 12.4. The molecule has 1 aromatic carbocycles. The van der Waals surface area contributed by atoms with Crippen molar-refractivity contribution in [2.45, 2.75) is 27.7 Å². The van der Waals surface area contributed by atoms with E-state index in [0.717, 1.165) is 22.5 Å². The quantitative estimate of drug-likeness (QED) is 0.804. The molecule has 6 heteroatoms. The third kappa shape index (κ3) is 3.03. The number of imidazole rings is 1. The molecule has 1 amide bonds. The fourth-order valence-electron chi connectivity index (χ4n) is 2.48. The summed E-state index contributed by atoms with van der Waals surface area (Å²) in [5.74, 6) is 0.358. The number of hydrogen-bond acceptors (Lipinski definition) is 4. The van der Waals surface area contributed by atoms with Crippen molar-refractivity contribution >= 4 is 11.6 Å². The fraction of sp³-hybridized carbons (Fsp3) is 0.222. The van der Waals surface area contributed by atoms with Gasteiger partial charge in [-0.25, -0.2) is 15.0 Å². The zero-order valence-electron chi connectivity index (χ0n) is 14.2. The number of aryl methyl sites for hydroxylation is 3. The Bertz CT molecular complexity index is 896. The minimum Gasteiger partial charge on any atom is -0.319 e. The highest BCUT2D eigenvalue weighted by molar-refractivity contribution is 6.05. The average molecular weight is 321 g/mol. The van der Waals surface area contributed by atoms with E-state index in [-0.39, 0.29) is 5.91 Å². The van der Waals surface area contributed by atoms with E-state index in [1.54, 1.807) is 18.7 Å². The molecule has 0 aliphatic heterocycles. The lowest BCUT2D eigenvalue weighted by atomic mass is 10.1. The van der Waals surface area contributed by atoms with Gasteiger partial charge in [0, 0.05) is 11.3 Å². The van der Waals surface area contributed by atoms with Gasteiger partial charge in [-0.3, -0.25) is 9.36 Å². The second-order valence-electron chi connectivity index (χ2n) is 5.83. The van der Waals surface area contributed by atoms with Crippen molar-refractivity contribution in [1.82, 2.24) is 19.5 Å². The Labute approximate surface area is 140 Å². The largest absolute Gasteiger partial charge is 0.319 e. The summed E-state index contributed by atoms with van der Waals surface area (Å²) in [5, 5.41) is 2.83. The Hall–Kier alpha value is -3.02. The first-order chi connectivity index (χ1) is 11.5. The van der Waals surface area contributed by atoms with Crippen LogP contribution in [0.1, 0.15) is 32.9 Å². The summed E-state index contributed by atoms with van der Waals surface area (Å²) in [4.78, 5) is 25.2. The number of anilines is 1. The molecule has 24 heavy (non-hydrogen) atoms. The van der Waals surface area contributed by atoms with Crippen LogP contribution >= 0.6 is 0 Å². The van der Waals surface area contributed by atoms with Crippen LogP contribution < -0.4 is 5.32 Å². The number of rotatable bonds is 3. The van der Waals surface area contributed by atoms with Crippen LogP contribution in [-0.2, 0) is 0 Å². The van der Waals surface area contributed by atoms with Crippen molar-refractivity contribution in [1.29, 1.82) is 0 Å². The van der Waals surface area contributed by atoms with E-state index >= 15 is 0 Å². The molecule has 2 aromatic heterocycles. The van der Waals surface area contributed by atoms with Gasteiger partial charge in [0.15, 0.2) is 0 Å². The number of nitrogens with one attached hydrogen (secondary N) is 1. The van der Waals surface area contributed by atoms with Crippen LogP contribution in [-0.4, -0.2) is 25.4 Å². The van der Waals surface area contributed by atoms with Crippen LogP contribution in [0.25, 0.3) is 5.95 Å². The highest BCUT2D eigenvalue weighted by Crippen LogP contribution is 2.14. The average Bonchev–Trinajstić information content (AvgIpc) is 2.87. The summed E-state index contributed by atoms with van der Waals surface area (Å²) in [6.07, 6.45) is 4.88. The van der Waals surface area contributed by atoms with E-state index in [9.17, 15) is 4.79 Å². The van der Waals surface area contributed by atoms with E-state index in [1.807, 2.05) is 50.5 Å². The van der Waals surface area contributed by atoms with Gasteiger partial charge in [-0.1, -0.05) is 17.7 Å². The number of benzene rings is 1. The molecule has 122 valence electrons. The standard InChI is InChI=1S/C18H19N5O/c1-11-5-6-16(12(2)7-11)17(24)22-15-8-19-18(20-9-15)23-10-21-13(3)14(23)4/h5-10H,1-4H3,(H,22,24). The normalized spacial score (nSPS) is 10.7. The van der Waals surface area contributed by atoms with Gasteiger partial charge in [-0.2, -0.15) is 0 Å². The van der Waals surface area contributed by atoms with Gasteiger partial charge in [-0.15, -0.1) is 0 Å². The highest BCUT2D eigenvalue weighted by Gasteiger charge is 2.11. The molecule has 6 nitrogen and oxygen atoms in total. The molecule has 3 rings (SSSR count). The van der Waals surface area contributed by atoms with Crippen LogP contribution in [0.3, 0.4) is 0 Å². The number of nitrogens with zero attached hydrogens (tertiary/aromatic N) is 4. The number of aromatic nitrogens is 4. The molecule has 0 atom stereocenters. The first-order valence-electron chi connectivity index (χ1n) is 7.67. The lowest BCUT2D eigenvalue weighted by Crippen LogP contribution is -2.14. The van der Waals surface area contributed by atoms with Gasteiger partial charge in [0.25, 0.3) is 5.91 Å². The first-order valence-corrected chi connectivity index (χ1v) is 7.67. The second kappa shape index (κ2) is 6.23. The van der Waals surface area contributed by atoms with Crippen LogP contribution in [0.15, 0.2) is 36.9 Å². The molecule has 0 saturated heterocycles.